The van der Waals surface area contributed by atoms with E-state index < -0.39 is 11.7 Å². The summed E-state index contributed by atoms with van der Waals surface area (Å²) >= 11 is 0. The van der Waals surface area contributed by atoms with Gasteiger partial charge in [-0.1, -0.05) is 25.0 Å². The van der Waals surface area contributed by atoms with E-state index in [9.17, 15) is 13.2 Å². The van der Waals surface area contributed by atoms with Gasteiger partial charge in [-0.2, -0.15) is 13.2 Å². The number of para-hydroxylation sites is 1. The van der Waals surface area contributed by atoms with Crippen molar-refractivity contribution in [2.45, 2.75) is 31.9 Å². The number of alkyl halides is 3. The molecule has 0 bridgehead atoms. The lowest BCUT2D eigenvalue weighted by Crippen LogP contribution is -2.26. The smallest absolute Gasteiger partial charge is 0.419 e. The van der Waals surface area contributed by atoms with Crippen LogP contribution in [0.3, 0.4) is 0 Å². The Bertz CT molecular complexity index is 414. The Labute approximate surface area is 117 Å². The summed E-state index contributed by atoms with van der Waals surface area (Å²) in [5, 5.41) is 3.25. The van der Waals surface area contributed by atoms with E-state index in [1.54, 1.807) is 6.07 Å². The van der Waals surface area contributed by atoms with E-state index in [1.807, 2.05) is 0 Å². The minimum absolute atomic E-state index is 0.0948. The zero-order chi connectivity index (χ0) is 14.4. The highest BCUT2D eigenvalue weighted by Gasteiger charge is 2.33. The first-order chi connectivity index (χ1) is 9.57. The maximum atomic E-state index is 12.7. The van der Waals surface area contributed by atoms with Crippen LogP contribution >= 0.6 is 0 Å². The highest BCUT2D eigenvalue weighted by Crippen LogP contribution is 2.35. The van der Waals surface area contributed by atoms with Gasteiger partial charge in [0, 0.05) is 6.54 Å². The predicted molar refractivity (Wildman–Crippen MR) is 71.8 cm³/mol. The fourth-order valence-electron chi connectivity index (χ4n) is 2.58. The molecule has 0 atom stereocenters. The van der Waals surface area contributed by atoms with Crippen molar-refractivity contribution in [2.24, 2.45) is 5.92 Å². The second kappa shape index (κ2) is 6.97. The van der Waals surface area contributed by atoms with Crippen LogP contribution in [0.2, 0.25) is 0 Å². The van der Waals surface area contributed by atoms with Gasteiger partial charge in [0.2, 0.25) is 0 Å². The van der Waals surface area contributed by atoms with E-state index in [0.29, 0.717) is 6.54 Å². The molecule has 2 rings (SSSR count). The van der Waals surface area contributed by atoms with E-state index in [-0.39, 0.29) is 12.4 Å². The van der Waals surface area contributed by atoms with E-state index in [0.717, 1.165) is 18.5 Å². The fourth-order valence-corrected chi connectivity index (χ4v) is 2.58. The zero-order valence-electron chi connectivity index (χ0n) is 11.4. The average molecular weight is 287 g/mol. The molecule has 0 heterocycles. The molecule has 1 aliphatic rings. The van der Waals surface area contributed by atoms with Crippen molar-refractivity contribution >= 4 is 0 Å². The second-order valence-electron chi connectivity index (χ2n) is 5.20. The number of hydrogen-bond acceptors (Lipinski definition) is 2. The zero-order valence-corrected chi connectivity index (χ0v) is 11.4. The highest BCUT2D eigenvalue weighted by molar-refractivity contribution is 5.35. The fraction of sp³-hybridized carbons (Fsp3) is 0.600. The Hall–Kier alpha value is -1.23. The Morgan fingerprint density at radius 3 is 2.55 bits per heavy atom. The van der Waals surface area contributed by atoms with E-state index >= 15 is 0 Å². The van der Waals surface area contributed by atoms with Gasteiger partial charge in [0.1, 0.15) is 12.4 Å². The SMILES string of the molecule is FC(F)(F)c1ccccc1OCCNCC1CCCC1. The maximum Gasteiger partial charge on any atom is 0.419 e. The molecule has 1 saturated carbocycles. The molecule has 1 N–H and O–H groups in total. The lowest BCUT2D eigenvalue weighted by Gasteiger charge is -2.14. The molecule has 0 aliphatic heterocycles. The number of ether oxygens (including phenoxy) is 1. The summed E-state index contributed by atoms with van der Waals surface area (Å²) in [5.41, 5.74) is -0.712. The van der Waals surface area contributed by atoms with Gasteiger partial charge in [0.05, 0.1) is 5.56 Å². The van der Waals surface area contributed by atoms with Crippen molar-refractivity contribution in [1.29, 1.82) is 0 Å². The summed E-state index contributed by atoms with van der Waals surface area (Å²) in [7, 11) is 0. The Morgan fingerprint density at radius 2 is 1.85 bits per heavy atom. The van der Waals surface area contributed by atoms with Crippen molar-refractivity contribution in [3.8, 4) is 5.75 Å². The van der Waals surface area contributed by atoms with E-state index in [1.165, 1.54) is 37.8 Å². The van der Waals surface area contributed by atoms with Crippen molar-refractivity contribution in [2.75, 3.05) is 19.7 Å². The van der Waals surface area contributed by atoms with Crippen LogP contribution in [0.15, 0.2) is 24.3 Å². The van der Waals surface area contributed by atoms with Gasteiger partial charge in [-0.3, -0.25) is 0 Å². The third-order valence-electron chi connectivity index (χ3n) is 3.64. The van der Waals surface area contributed by atoms with Crippen LogP contribution in [0.4, 0.5) is 13.2 Å². The third kappa shape index (κ3) is 4.40. The van der Waals surface area contributed by atoms with Gasteiger partial charge in [-0.05, 0) is 37.4 Å². The van der Waals surface area contributed by atoms with Crippen LogP contribution in [-0.4, -0.2) is 19.7 Å². The molecule has 0 aromatic heterocycles. The van der Waals surface area contributed by atoms with Gasteiger partial charge in [0.25, 0.3) is 0 Å². The van der Waals surface area contributed by atoms with Crippen LogP contribution in [0, 0.1) is 5.92 Å². The summed E-state index contributed by atoms with van der Waals surface area (Å²) < 4.78 is 43.4. The lowest BCUT2D eigenvalue weighted by atomic mass is 10.1. The average Bonchev–Trinajstić information content (AvgIpc) is 2.91. The summed E-state index contributed by atoms with van der Waals surface area (Å²) in [6.07, 6.45) is 0.729. The largest absolute Gasteiger partial charge is 0.492 e. The molecular formula is C15H20F3NO. The molecule has 1 aromatic carbocycles. The van der Waals surface area contributed by atoms with Crippen LogP contribution in [0.1, 0.15) is 31.2 Å². The van der Waals surface area contributed by atoms with Crippen LogP contribution in [0.5, 0.6) is 5.75 Å². The number of nitrogens with one attached hydrogen (secondary N) is 1. The Kier molecular flexibility index (Phi) is 5.29. The maximum absolute atomic E-state index is 12.7. The van der Waals surface area contributed by atoms with Gasteiger partial charge in [0.15, 0.2) is 0 Å². The van der Waals surface area contributed by atoms with Gasteiger partial charge < -0.3 is 10.1 Å². The van der Waals surface area contributed by atoms with Crippen LogP contribution < -0.4 is 10.1 Å². The van der Waals surface area contributed by atoms with Gasteiger partial charge in [-0.25, -0.2) is 0 Å². The van der Waals surface area contributed by atoms with Crippen molar-refractivity contribution in [1.82, 2.24) is 5.32 Å². The topological polar surface area (TPSA) is 21.3 Å². The van der Waals surface area contributed by atoms with Crippen molar-refractivity contribution in [3.63, 3.8) is 0 Å². The molecule has 1 fully saturated rings. The number of hydrogen-bond donors (Lipinski definition) is 1. The summed E-state index contributed by atoms with van der Waals surface area (Å²) in [4.78, 5) is 0. The molecule has 5 heteroatoms. The van der Waals surface area contributed by atoms with Crippen molar-refractivity contribution < 1.29 is 17.9 Å². The molecule has 2 nitrogen and oxygen atoms in total. The molecule has 0 unspecified atom stereocenters. The van der Waals surface area contributed by atoms with Gasteiger partial charge in [-0.15, -0.1) is 0 Å². The quantitative estimate of drug-likeness (QED) is 0.802. The summed E-state index contributed by atoms with van der Waals surface area (Å²) in [6, 6.07) is 5.33. The van der Waals surface area contributed by atoms with Gasteiger partial charge >= 0.3 is 6.18 Å². The minimum Gasteiger partial charge on any atom is -0.492 e. The molecule has 0 amide bonds. The lowest BCUT2D eigenvalue weighted by molar-refractivity contribution is -0.138. The number of benzene rings is 1. The molecule has 1 aliphatic carbocycles. The predicted octanol–water partition coefficient (Wildman–Crippen LogP) is 3.86. The standard InChI is InChI=1S/C15H20F3NO/c16-15(17,18)13-7-3-4-8-14(13)20-10-9-19-11-12-5-1-2-6-12/h3-4,7-8,12,19H,1-2,5-6,9-11H2. The van der Waals surface area contributed by atoms with E-state index in [4.69, 9.17) is 4.74 Å². The molecule has 0 spiro atoms. The monoisotopic (exact) mass is 287 g/mol. The molecule has 1 aromatic rings. The third-order valence-corrected chi connectivity index (χ3v) is 3.64. The Balaban J connectivity index is 1.73. The Morgan fingerprint density at radius 1 is 1.15 bits per heavy atom. The highest BCUT2D eigenvalue weighted by atomic mass is 19.4. The molecule has 0 saturated heterocycles. The molecule has 20 heavy (non-hydrogen) atoms. The minimum atomic E-state index is -4.37. The van der Waals surface area contributed by atoms with Crippen LogP contribution in [0.25, 0.3) is 0 Å². The van der Waals surface area contributed by atoms with Crippen LogP contribution in [-0.2, 0) is 6.18 Å². The molecule has 112 valence electrons. The first-order valence-corrected chi connectivity index (χ1v) is 7.07. The summed E-state index contributed by atoms with van der Waals surface area (Å²) in [5.74, 6) is 0.625. The van der Waals surface area contributed by atoms with E-state index in [2.05, 4.69) is 5.32 Å². The summed E-state index contributed by atoms with van der Waals surface area (Å²) in [6.45, 7) is 1.76. The number of rotatable bonds is 6. The number of halogens is 3. The van der Waals surface area contributed by atoms with Crippen molar-refractivity contribution in [3.05, 3.63) is 29.8 Å². The second-order valence-corrected chi connectivity index (χ2v) is 5.20. The normalized spacial score (nSPS) is 16.6. The first kappa shape index (κ1) is 15.2. The first-order valence-electron chi connectivity index (χ1n) is 7.07. The molecule has 0 radical (unpaired) electrons. The molecular weight excluding hydrogens is 267 g/mol.